The van der Waals surface area contributed by atoms with Crippen LogP contribution in [0, 0.1) is 11.3 Å². The van der Waals surface area contributed by atoms with Crippen LogP contribution in [0.15, 0.2) is 0 Å². The predicted molar refractivity (Wildman–Crippen MR) is 35.9 cm³/mol. The lowest BCUT2D eigenvalue weighted by Crippen LogP contribution is -2.31. The molecule has 4 nitrogen and oxygen atoms in total. The molecule has 1 N–H and O–H groups in total. The van der Waals surface area contributed by atoms with Gasteiger partial charge in [0.2, 0.25) is 0 Å². The number of carboxylic acid groups (broad SMARTS) is 1. The highest BCUT2D eigenvalue weighted by molar-refractivity contribution is 5.96. The van der Waals surface area contributed by atoms with Crippen molar-refractivity contribution < 1.29 is 19.4 Å². The highest BCUT2D eigenvalue weighted by atomic mass is 16.5. The van der Waals surface area contributed by atoms with E-state index in [1.54, 1.807) is 13.8 Å². The third-order valence-electron chi connectivity index (χ3n) is 1.85. The van der Waals surface area contributed by atoms with Crippen LogP contribution in [0.25, 0.3) is 0 Å². The molecule has 1 rings (SSSR count). The predicted octanol–water partition coefficient (Wildman–Crippen LogP) is 0.270. The Labute approximate surface area is 64.2 Å². The molecule has 1 unspecified atom stereocenters. The lowest BCUT2D eigenvalue weighted by atomic mass is 9.82. The SMILES string of the molecule is CC1(C)COC(=O)C1C(=O)O. The largest absolute Gasteiger partial charge is 0.481 e. The molecular weight excluding hydrogens is 148 g/mol. The topological polar surface area (TPSA) is 63.6 Å². The van der Waals surface area contributed by atoms with Gasteiger partial charge in [0.1, 0.15) is 0 Å². The Kier molecular flexibility index (Phi) is 1.62. The van der Waals surface area contributed by atoms with Crippen LogP contribution >= 0.6 is 0 Å². The van der Waals surface area contributed by atoms with E-state index in [4.69, 9.17) is 5.11 Å². The average molecular weight is 158 g/mol. The molecule has 0 aromatic rings. The van der Waals surface area contributed by atoms with Crippen molar-refractivity contribution in [2.75, 3.05) is 6.61 Å². The van der Waals surface area contributed by atoms with Gasteiger partial charge in [0.05, 0.1) is 6.61 Å². The summed E-state index contributed by atoms with van der Waals surface area (Å²) in [5.41, 5.74) is -0.567. The normalized spacial score (nSPS) is 28.2. The molecule has 11 heavy (non-hydrogen) atoms. The van der Waals surface area contributed by atoms with Crippen LogP contribution in [0.3, 0.4) is 0 Å². The van der Waals surface area contributed by atoms with Crippen LogP contribution < -0.4 is 0 Å². The molecule has 0 aromatic carbocycles. The first-order valence-corrected chi connectivity index (χ1v) is 3.34. The summed E-state index contributed by atoms with van der Waals surface area (Å²) in [6, 6.07) is 0. The van der Waals surface area contributed by atoms with Crippen LogP contribution in [-0.2, 0) is 14.3 Å². The van der Waals surface area contributed by atoms with Crippen molar-refractivity contribution in [3.8, 4) is 0 Å². The Bertz CT molecular complexity index is 206. The first-order valence-electron chi connectivity index (χ1n) is 3.34. The van der Waals surface area contributed by atoms with Crippen molar-refractivity contribution in [1.82, 2.24) is 0 Å². The number of carbonyl (C=O) groups is 2. The molecule has 0 bridgehead atoms. The van der Waals surface area contributed by atoms with Gasteiger partial charge in [-0.05, 0) is 0 Å². The Morgan fingerprint density at radius 1 is 1.73 bits per heavy atom. The summed E-state index contributed by atoms with van der Waals surface area (Å²) in [6.45, 7) is 3.61. The fourth-order valence-corrected chi connectivity index (χ4v) is 1.18. The molecule has 0 radical (unpaired) electrons. The molecule has 1 fully saturated rings. The minimum atomic E-state index is -1.10. The van der Waals surface area contributed by atoms with Gasteiger partial charge in [-0.25, -0.2) is 0 Å². The van der Waals surface area contributed by atoms with E-state index < -0.39 is 23.3 Å². The van der Waals surface area contributed by atoms with Crippen molar-refractivity contribution in [2.45, 2.75) is 13.8 Å². The van der Waals surface area contributed by atoms with Crippen LogP contribution in [0.2, 0.25) is 0 Å². The van der Waals surface area contributed by atoms with Gasteiger partial charge in [0.15, 0.2) is 5.92 Å². The van der Waals surface area contributed by atoms with Crippen LogP contribution in [0.5, 0.6) is 0 Å². The number of carboxylic acids is 1. The number of esters is 1. The quantitative estimate of drug-likeness (QED) is 0.439. The maximum atomic E-state index is 10.8. The van der Waals surface area contributed by atoms with E-state index in [2.05, 4.69) is 4.74 Å². The average Bonchev–Trinajstić information content (AvgIpc) is 2.06. The summed E-state index contributed by atoms with van der Waals surface area (Å²) in [7, 11) is 0. The van der Waals surface area contributed by atoms with Crippen molar-refractivity contribution >= 4 is 11.9 Å². The number of carbonyl (C=O) groups excluding carboxylic acids is 1. The van der Waals surface area contributed by atoms with Crippen LogP contribution in [0.4, 0.5) is 0 Å². The Morgan fingerprint density at radius 2 is 2.27 bits per heavy atom. The number of hydrogen-bond acceptors (Lipinski definition) is 3. The zero-order chi connectivity index (χ0) is 8.65. The summed E-state index contributed by atoms with van der Waals surface area (Å²) < 4.78 is 4.62. The van der Waals surface area contributed by atoms with Crippen LogP contribution in [0.1, 0.15) is 13.8 Å². The molecule has 0 aliphatic carbocycles. The molecular formula is C7H10O4. The van der Waals surface area contributed by atoms with Gasteiger partial charge in [-0.2, -0.15) is 0 Å². The van der Waals surface area contributed by atoms with Gasteiger partial charge in [0, 0.05) is 5.41 Å². The number of cyclic esters (lactones) is 1. The van der Waals surface area contributed by atoms with Gasteiger partial charge in [-0.1, -0.05) is 13.8 Å². The molecule has 0 amide bonds. The molecule has 1 aliphatic rings. The van der Waals surface area contributed by atoms with Gasteiger partial charge < -0.3 is 9.84 Å². The molecule has 1 atom stereocenters. The number of ether oxygens (including phenoxy) is 1. The molecule has 62 valence electrons. The van der Waals surface area contributed by atoms with E-state index in [1.165, 1.54) is 0 Å². The third kappa shape index (κ3) is 1.20. The molecule has 4 heteroatoms. The summed E-state index contributed by atoms with van der Waals surface area (Å²) in [4.78, 5) is 21.4. The van der Waals surface area contributed by atoms with Crippen LogP contribution in [-0.4, -0.2) is 23.7 Å². The number of rotatable bonds is 1. The van der Waals surface area contributed by atoms with E-state index in [-0.39, 0.29) is 6.61 Å². The molecule has 1 aliphatic heterocycles. The number of aliphatic carboxylic acids is 1. The first-order chi connectivity index (χ1) is 4.95. The third-order valence-corrected chi connectivity index (χ3v) is 1.85. The lowest BCUT2D eigenvalue weighted by Gasteiger charge is -2.17. The van der Waals surface area contributed by atoms with E-state index in [0.717, 1.165) is 0 Å². The van der Waals surface area contributed by atoms with E-state index in [9.17, 15) is 9.59 Å². The summed E-state index contributed by atoms with van der Waals surface area (Å²) in [6.07, 6.45) is 0. The monoisotopic (exact) mass is 158 g/mol. The molecule has 0 spiro atoms. The summed E-state index contributed by atoms with van der Waals surface area (Å²) >= 11 is 0. The van der Waals surface area contributed by atoms with Crippen molar-refractivity contribution in [3.63, 3.8) is 0 Å². The minimum Gasteiger partial charge on any atom is -0.481 e. The second kappa shape index (κ2) is 2.22. The smallest absolute Gasteiger partial charge is 0.321 e. The maximum absolute atomic E-state index is 10.8. The molecule has 0 saturated carbocycles. The standard InChI is InChI=1S/C7H10O4/c1-7(2)3-11-6(10)4(7)5(8)9/h4H,3H2,1-2H3,(H,8,9). The van der Waals surface area contributed by atoms with Gasteiger partial charge in [-0.3, -0.25) is 9.59 Å². The Balaban J connectivity index is 2.89. The molecule has 1 saturated heterocycles. The zero-order valence-electron chi connectivity index (χ0n) is 6.46. The Morgan fingerprint density at radius 3 is 2.45 bits per heavy atom. The second-order valence-corrected chi connectivity index (χ2v) is 3.37. The van der Waals surface area contributed by atoms with E-state index in [0.29, 0.717) is 0 Å². The fraction of sp³-hybridized carbons (Fsp3) is 0.714. The van der Waals surface area contributed by atoms with Crippen molar-refractivity contribution in [3.05, 3.63) is 0 Å². The maximum Gasteiger partial charge on any atom is 0.321 e. The van der Waals surface area contributed by atoms with Gasteiger partial charge in [0.25, 0.3) is 0 Å². The number of hydrogen-bond donors (Lipinski definition) is 1. The van der Waals surface area contributed by atoms with Gasteiger partial charge in [-0.15, -0.1) is 0 Å². The fourth-order valence-electron chi connectivity index (χ4n) is 1.18. The van der Waals surface area contributed by atoms with E-state index >= 15 is 0 Å². The first kappa shape index (κ1) is 8.04. The van der Waals surface area contributed by atoms with Gasteiger partial charge >= 0.3 is 11.9 Å². The second-order valence-electron chi connectivity index (χ2n) is 3.37. The molecule has 0 aromatic heterocycles. The van der Waals surface area contributed by atoms with E-state index in [1.807, 2.05) is 0 Å². The highest BCUT2D eigenvalue weighted by Crippen LogP contribution is 2.34. The highest BCUT2D eigenvalue weighted by Gasteiger charge is 2.48. The molecule has 1 heterocycles. The van der Waals surface area contributed by atoms with Crippen molar-refractivity contribution in [2.24, 2.45) is 11.3 Å². The zero-order valence-corrected chi connectivity index (χ0v) is 6.46. The minimum absolute atomic E-state index is 0.197. The lowest BCUT2D eigenvalue weighted by molar-refractivity contribution is -0.153. The van der Waals surface area contributed by atoms with Crippen molar-refractivity contribution in [1.29, 1.82) is 0 Å². The summed E-state index contributed by atoms with van der Waals surface area (Å²) in [5.74, 6) is -2.72. The Hall–Kier alpha value is -1.06. The summed E-state index contributed by atoms with van der Waals surface area (Å²) in [5, 5.41) is 8.62.